The monoisotopic (exact) mass is 410 g/mol. The topological polar surface area (TPSA) is 78.4 Å². The number of phenols is 1. The minimum atomic E-state index is -0.631. The second-order valence-electron chi connectivity index (χ2n) is 8.79. The molecule has 5 nitrogen and oxygen atoms in total. The Morgan fingerprint density at radius 2 is 1.43 bits per heavy atom. The average Bonchev–Trinajstić information content (AvgIpc) is 2.68. The third-order valence-corrected chi connectivity index (χ3v) is 4.99. The minimum Gasteiger partial charge on any atom is -0.508 e. The predicted molar refractivity (Wildman–Crippen MR) is 122 cm³/mol. The Hall–Kier alpha value is -2.82. The van der Waals surface area contributed by atoms with Gasteiger partial charge in [0.1, 0.15) is 11.8 Å². The van der Waals surface area contributed by atoms with Crippen molar-refractivity contribution in [1.29, 1.82) is 0 Å². The van der Waals surface area contributed by atoms with E-state index in [1.54, 1.807) is 12.1 Å². The van der Waals surface area contributed by atoms with Crippen LogP contribution in [0.3, 0.4) is 0 Å². The van der Waals surface area contributed by atoms with Gasteiger partial charge in [-0.1, -0.05) is 52.0 Å². The average molecular weight is 411 g/mol. The van der Waals surface area contributed by atoms with Gasteiger partial charge in [-0.2, -0.15) is 0 Å². The molecular formula is C25H34N2O3. The van der Waals surface area contributed by atoms with Gasteiger partial charge in [0.25, 0.3) is 0 Å². The van der Waals surface area contributed by atoms with Crippen molar-refractivity contribution in [2.24, 2.45) is 11.8 Å². The highest BCUT2D eigenvalue weighted by Gasteiger charge is 2.25. The molecule has 162 valence electrons. The fourth-order valence-electron chi connectivity index (χ4n) is 3.34. The lowest BCUT2D eigenvalue weighted by atomic mass is 9.95. The summed E-state index contributed by atoms with van der Waals surface area (Å²) < 4.78 is 0. The molecule has 0 saturated heterocycles. The first-order valence-corrected chi connectivity index (χ1v) is 10.6. The highest BCUT2D eigenvalue weighted by atomic mass is 16.3. The van der Waals surface area contributed by atoms with Crippen molar-refractivity contribution in [3.8, 4) is 5.75 Å². The fraction of sp³-hybridized carbons (Fsp3) is 0.440. The van der Waals surface area contributed by atoms with Crippen LogP contribution in [0.15, 0.2) is 48.5 Å². The predicted octanol–water partition coefficient (Wildman–Crippen LogP) is 4.86. The number of rotatable bonds is 9. The molecule has 0 aliphatic heterocycles. The van der Waals surface area contributed by atoms with E-state index in [1.807, 2.05) is 32.9 Å². The Labute approximate surface area is 179 Å². The van der Waals surface area contributed by atoms with Crippen LogP contribution in [0.4, 0.5) is 5.69 Å². The maximum atomic E-state index is 12.9. The summed E-state index contributed by atoms with van der Waals surface area (Å²) in [5, 5.41) is 15.1. The van der Waals surface area contributed by atoms with Gasteiger partial charge in [0.15, 0.2) is 0 Å². The van der Waals surface area contributed by atoms with E-state index in [4.69, 9.17) is 0 Å². The van der Waals surface area contributed by atoms with E-state index in [0.29, 0.717) is 18.0 Å². The summed E-state index contributed by atoms with van der Waals surface area (Å²) in [6.45, 7) is 10.3. The SMILES string of the molecule is CC(C)Cc1ccc(C(C)C(=O)N[C@@H](CC(C)C)C(=O)Nc2ccc(O)cc2)cc1. The van der Waals surface area contributed by atoms with Crippen LogP contribution >= 0.6 is 0 Å². The van der Waals surface area contributed by atoms with Crippen molar-refractivity contribution in [2.75, 3.05) is 5.32 Å². The highest BCUT2D eigenvalue weighted by molar-refractivity contribution is 5.98. The zero-order valence-corrected chi connectivity index (χ0v) is 18.6. The summed E-state index contributed by atoms with van der Waals surface area (Å²) in [6, 6.07) is 13.8. The van der Waals surface area contributed by atoms with Crippen molar-refractivity contribution >= 4 is 17.5 Å². The van der Waals surface area contributed by atoms with Crippen LogP contribution < -0.4 is 10.6 Å². The molecule has 3 N–H and O–H groups in total. The summed E-state index contributed by atoms with van der Waals surface area (Å²) in [4.78, 5) is 25.7. The molecule has 0 aliphatic carbocycles. The number of hydrogen-bond acceptors (Lipinski definition) is 3. The largest absolute Gasteiger partial charge is 0.508 e. The zero-order chi connectivity index (χ0) is 22.3. The van der Waals surface area contributed by atoms with E-state index < -0.39 is 6.04 Å². The molecule has 0 aromatic heterocycles. The fourth-order valence-corrected chi connectivity index (χ4v) is 3.34. The van der Waals surface area contributed by atoms with Gasteiger partial charge in [-0.05, 0) is 67.0 Å². The summed E-state index contributed by atoms with van der Waals surface area (Å²) in [5.41, 5.74) is 2.77. The van der Waals surface area contributed by atoms with Gasteiger partial charge in [-0.25, -0.2) is 0 Å². The third-order valence-electron chi connectivity index (χ3n) is 4.99. The molecule has 1 unspecified atom stereocenters. The summed E-state index contributed by atoms with van der Waals surface area (Å²) in [6.07, 6.45) is 1.55. The maximum absolute atomic E-state index is 12.9. The van der Waals surface area contributed by atoms with Crippen molar-refractivity contribution in [2.45, 2.75) is 59.4 Å². The van der Waals surface area contributed by atoms with Gasteiger partial charge in [0, 0.05) is 5.69 Å². The van der Waals surface area contributed by atoms with Gasteiger partial charge >= 0.3 is 0 Å². The highest BCUT2D eigenvalue weighted by Crippen LogP contribution is 2.19. The molecule has 5 heteroatoms. The second-order valence-corrected chi connectivity index (χ2v) is 8.79. The van der Waals surface area contributed by atoms with Crippen LogP contribution in [0.25, 0.3) is 0 Å². The minimum absolute atomic E-state index is 0.133. The van der Waals surface area contributed by atoms with E-state index in [9.17, 15) is 14.7 Å². The molecule has 0 fully saturated rings. The van der Waals surface area contributed by atoms with Crippen molar-refractivity contribution < 1.29 is 14.7 Å². The number of nitrogens with one attached hydrogen (secondary N) is 2. The van der Waals surface area contributed by atoms with Crippen LogP contribution in [0.1, 0.15) is 58.1 Å². The van der Waals surface area contributed by atoms with Crippen molar-refractivity contribution in [1.82, 2.24) is 5.32 Å². The van der Waals surface area contributed by atoms with Crippen molar-refractivity contribution in [3.05, 3.63) is 59.7 Å². The van der Waals surface area contributed by atoms with Gasteiger partial charge in [-0.3, -0.25) is 9.59 Å². The number of aromatic hydroxyl groups is 1. The number of hydrogen-bond donors (Lipinski definition) is 3. The molecule has 2 atom stereocenters. The molecule has 0 spiro atoms. The molecule has 0 radical (unpaired) electrons. The molecule has 2 aromatic rings. The third kappa shape index (κ3) is 7.21. The van der Waals surface area contributed by atoms with Crippen LogP contribution in [0, 0.1) is 11.8 Å². The molecular weight excluding hydrogens is 376 g/mol. The molecule has 0 aliphatic rings. The van der Waals surface area contributed by atoms with E-state index in [2.05, 4.69) is 36.6 Å². The standard InChI is InChI=1S/C25H34N2O3/c1-16(2)14-19-6-8-20(9-7-19)18(5)24(29)27-23(15-17(3)4)25(30)26-21-10-12-22(28)13-11-21/h6-13,16-18,23,28H,14-15H2,1-5H3,(H,26,30)(H,27,29)/t18?,23-/m0/s1. The zero-order valence-electron chi connectivity index (χ0n) is 18.6. The molecule has 2 rings (SSSR count). The summed E-state index contributed by atoms with van der Waals surface area (Å²) in [7, 11) is 0. The van der Waals surface area contributed by atoms with Gasteiger partial charge in [-0.15, -0.1) is 0 Å². The Balaban J connectivity index is 2.05. The van der Waals surface area contributed by atoms with Crippen LogP contribution in [-0.4, -0.2) is 23.0 Å². The number of phenolic OH excluding ortho intramolecular Hbond substituents is 1. The Morgan fingerprint density at radius 3 is 1.97 bits per heavy atom. The molecule has 2 amide bonds. The van der Waals surface area contributed by atoms with Gasteiger partial charge in [0.05, 0.1) is 5.92 Å². The van der Waals surface area contributed by atoms with E-state index in [0.717, 1.165) is 12.0 Å². The number of amides is 2. The van der Waals surface area contributed by atoms with Gasteiger partial charge in [0.2, 0.25) is 11.8 Å². The molecule has 0 heterocycles. The number of carbonyl (C=O) groups is 2. The lowest BCUT2D eigenvalue weighted by Crippen LogP contribution is -2.46. The second kappa shape index (κ2) is 10.8. The number of anilines is 1. The van der Waals surface area contributed by atoms with E-state index in [-0.39, 0.29) is 29.4 Å². The summed E-state index contributed by atoms with van der Waals surface area (Å²) >= 11 is 0. The van der Waals surface area contributed by atoms with E-state index in [1.165, 1.54) is 17.7 Å². The Morgan fingerprint density at radius 1 is 0.833 bits per heavy atom. The van der Waals surface area contributed by atoms with Crippen LogP contribution in [0.5, 0.6) is 5.75 Å². The Bertz CT molecular complexity index is 826. The molecule has 0 saturated carbocycles. The van der Waals surface area contributed by atoms with E-state index >= 15 is 0 Å². The maximum Gasteiger partial charge on any atom is 0.246 e. The lowest BCUT2D eigenvalue weighted by Gasteiger charge is -2.22. The molecule has 30 heavy (non-hydrogen) atoms. The quantitative estimate of drug-likeness (QED) is 0.516. The van der Waals surface area contributed by atoms with Gasteiger partial charge < -0.3 is 15.7 Å². The first kappa shape index (κ1) is 23.5. The lowest BCUT2D eigenvalue weighted by molar-refractivity contribution is -0.127. The number of carbonyl (C=O) groups excluding carboxylic acids is 2. The van der Waals surface area contributed by atoms with Crippen LogP contribution in [-0.2, 0) is 16.0 Å². The molecule has 0 bridgehead atoms. The van der Waals surface area contributed by atoms with Crippen molar-refractivity contribution in [3.63, 3.8) is 0 Å². The smallest absolute Gasteiger partial charge is 0.246 e. The molecule has 2 aromatic carbocycles. The Kier molecular flexibility index (Phi) is 8.46. The first-order valence-electron chi connectivity index (χ1n) is 10.6. The number of benzene rings is 2. The summed E-state index contributed by atoms with van der Waals surface area (Å²) in [5.74, 6) is 0.176. The van der Waals surface area contributed by atoms with Crippen LogP contribution in [0.2, 0.25) is 0 Å². The first-order chi connectivity index (χ1) is 14.2. The normalized spacial score (nSPS) is 13.2.